The van der Waals surface area contributed by atoms with Crippen molar-refractivity contribution in [3.8, 4) is 0 Å². The first-order valence-electron chi connectivity index (χ1n) is 6.78. The molecule has 0 fully saturated rings. The molecule has 2 rings (SSSR count). The van der Waals surface area contributed by atoms with E-state index in [4.69, 9.17) is 0 Å². The number of unbranched alkanes of at least 4 members (excludes halogenated alkanes) is 1. The number of carbonyl (C=O) groups is 2. The highest BCUT2D eigenvalue weighted by Gasteiger charge is 2.12. The van der Waals surface area contributed by atoms with Crippen LogP contribution in [0.15, 0.2) is 42.5 Å². The zero-order valence-corrected chi connectivity index (χ0v) is 11.5. The highest BCUT2D eigenvalue weighted by Crippen LogP contribution is 2.18. The van der Waals surface area contributed by atoms with E-state index >= 15 is 0 Å². The molecule has 0 saturated carbocycles. The van der Waals surface area contributed by atoms with E-state index in [-0.39, 0.29) is 0 Å². The van der Waals surface area contributed by atoms with Crippen molar-refractivity contribution < 1.29 is 9.59 Å². The predicted octanol–water partition coefficient (Wildman–Crippen LogP) is 2.69. The van der Waals surface area contributed by atoms with Gasteiger partial charge in [0.05, 0.1) is 0 Å². The van der Waals surface area contributed by atoms with Gasteiger partial charge in [0, 0.05) is 12.2 Å². The number of rotatable bonds is 4. The molecule has 0 spiro atoms. The van der Waals surface area contributed by atoms with Crippen molar-refractivity contribution in [2.75, 3.05) is 11.9 Å². The van der Waals surface area contributed by atoms with Crippen LogP contribution >= 0.6 is 0 Å². The molecule has 0 aliphatic heterocycles. The van der Waals surface area contributed by atoms with Crippen LogP contribution in [-0.2, 0) is 9.59 Å². The van der Waals surface area contributed by atoms with Crippen LogP contribution in [0.2, 0.25) is 0 Å². The fourth-order valence-corrected chi connectivity index (χ4v) is 1.91. The first-order valence-corrected chi connectivity index (χ1v) is 6.78. The van der Waals surface area contributed by atoms with E-state index in [1.165, 1.54) is 0 Å². The number of hydrogen-bond donors (Lipinski definition) is 2. The predicted molar refractivity (Wildman–Crippen MR) is 80.5 cm³/mol. The Hall–Kier alpha value is -2.36. The van der Waals surface area contributed by atoms with Crippen molar-refractivity contribution in [2.24, 2.45) is 0 Å². The van der Waals surface area contributed by atoms with E-state index < -0.39 is 11.8 Å². The summed E-state index contributed by atoms with van der Waals surface area (Å²) in [4.78, 5) is 23.3. The molecular formula is C16H18N2O2. The minimum absolute atomic E-state index is 0.528. The highest BCUT2D eigenvalue weighted by atomic mass is 16.2. The van der Waals surface area contributed by atoms with E-state index in [1.54, 1.807) is 6.07 Å². The third-order valence-corrected chi connectivity index (χ3v) is 3.03. The largest absolute Gasteiger partial charge is 0.348 e. The van der Waals surface area contributed by atoms with Crippen LogP contribution in [-0.4, -0.2) is 18.4 Å². The van der Waals surface area contributed by atoms with Crippen molar-refractivity contribution >= 4 is 28.3 Å². The van der Waals surface area contributed by atoms with Crippen LogP contribution < -0.4 is 10.6 Å². The molecule has 20 heavy (non-hydrogen) atoms. The number of benzene rings is 2. The SMILES string of the molecule is CCCCNC(=O)C(=O)Nc1ccc2ccccc2c1. The molecule has 0 aliphatic rings. The Morgan fingerprint density at radius 3 is 2.50 bits per heavy atom. The van der Waals surface area contributed by atoms with Gasteiger partial charge < -0.3 is 10.6 Å². The topological polar surface area (TPSA) is 58.2 Å². The Labute approximate surface area is 118 Å². The molecule has 2 N–H and O–H groups in total. The van der Waals surface area contributed by atoms with Crippen LogP contribution in [0.25, 0.3) is 10.8 Å². The smallest absolute Gasteiger partial charge is 0.313 e. The van der Waals surface area contributed by atoms with Gasteiger partial charge in [-0.15, -0.1) is 0 Å². The highest BCUT2D eigenvalue weighted by molar-refractivity contribution is 6.39. The lowest BCUT2D eigenvalue weighted by atomic mass is 10.1. The van der Waals surface area contributed by atoms with Crippen molar-refractivity contribution in [3.05, 3.63) is 42.5 Å². The van der Waals surface area contributed by atoms with Crippen LogP contribution in [0.3, 0.4) is 0 Å². The summed E-state index contributed by atoms with van der Waals surface area (Å²) >= 11 is 0. The minimum atomic E-state index is -0.628. The second-order valence-electron chi connectivity index (χ2n) is 4.63. The third kappa shape index (κ3) is 3.57. The van der Waals surface area contributed by atoms with Crippen molar-refractivity contribution in [2.45, 2.75) is 19.8 Å². The zero-order valence-electron chi connectivity index (χ0n) is 11.5. The molecule has 0 radical (unpaired) electrons. The summed E-state index contributed by atoms with van der Waals surface area (Å²) in [5, 5.41) is 7.32. The van der Waals surface area contributed by atoms with Gasteiger partial charge in [-0.25, -0.2) is 0 Å². The number of carbonyl (C=O) groups excluding carboxylic acids is 2. The van der Waals surface area contributed by atoms with Crippen molar-refractivity contribution in [1.29, 1.82) is 0 Å². The van der Waals surface area contributed by atoms with E-state index in [0.717, 1.165) is 23.6 Å². The van der Waals surface area contributed by atoms with E-state index in [1.807, 2.05) is 43.3 Å². The molecule has 0 aliphatic carbocycles. The summed E-state index contributed by atoms with van der Waals surface area (Å²) < 4.78 is 0. The molecular weight excluding hydrogens is 252 g/mol. The summed E-state index contributed by atoms with van der Waals surface area (Å²) in [6.45, 7) is 2.56. The summed E-state index contributed by atoms with van der Waals surface area (Å²) in [7, 11) is 0. The summed E-state index contributed by atoms with van der Waals surface area (Å²) in [5.74, 6) is -1.22. The fraction of sp³-hybridized carbons (Fsp3) is 0.250. The summed E-state index contributed by atoms with van der Waals surface area (Å²) in [6.07, 6.45) is 1.85. The molecule has 0 saturated heterocycles. The van der Waals surface area contributed by atoms with Crippen LogP contribution in [0.1, 0.15) is 19.8 Å². The Morgan fingerprint density at radius 2 is 1.75 bits per heavy atom. The molecule has 2 amide bonds. The normalized spacial score (nSPS) is 10.2. The lowest BCUT2D eigenvalue weighted by molar-refractivity contribution is -0.136. The Bertz CT molecular complexity index is 623. The lowest BCUT2D eigenvalue weighted by Crippen LogP contribution is -2.35. The molecule has 2 aromatic rings. The van der Waals surface area contributed by atoms with Gasteiger partial charge in [0.2, 0.25) is 0 Å². The van der Waals surface area contributed by atoms with E-state index in [2.05, 4.69) is 10.6 Å². The number of fused-ring (bicyclic) bond motifs is 1. The number of nitrogens with one attached hydrogen (secondary N) is 2. The molecule has 0 bridgehead atoms. The minimum Gasteiger partial charge on any atom is -0.348 e. The maximum Gasteiger partial charge on any atom is 0.313 e. The molecule has 4 nitrogen and oxygen atoms in total. The van der Waals surface area contributed by atoms with E-state index in [9.17, 15) is 9.59 Å². The maximum absolute atomic E-state index is 11.7. The Balaban J connectivity index is 2.00. The summed E-state index contributed by atoms with van der Waals surface area (Å²) in [6, 6.07) is 13.4. The monoisotopic (exact) mass is 270 g/mol. The summed E-state index contributed by atoms with van der Waals surface area (Å²) in [5.41, 5.74) is 0.624. The second-order valence-corrected chi connectivity index (χ2v) is 4.63. The van der Waals surface area contributed by atoms with Gasteiger partial charge in [-0.3, -0.25) is 9.59 Å². The van der Waals surface area contributed by atoms with Gasteiger partial charge in [0.1, 0.15) is 0 Å². The van der Waals surface area contributed by atoms with Gasteiger partial charge in [0.25, 0.3) is 0 Å². The van der Waals surface area contributed by atoms with Crippen LogP contribution in [0.5, 0.6) is 0 Å². The first kappa shape index (κ1) is 14.1. The quantitative estimate of drug-likeness (QED) is 0.663. The molecule has 4 heteroatoms. The fourth-order valence-electron chi connectivity index (χ4n) is 1.91. The molecule has 0 atom stereocenters. The van der Waals surface area contributed by atoms with Gasteiger partial charge in [-0.1, -0.05) is 43.7 Å². The number of amides is 2. The average Bonchev–Trinajstić information content (AvgIpc) is 2.47. The molecule has 104 valence electrons. The van der Waals surface area contributed by atoms with Gasteiger partial charge >= 0.3 is 11.8 Å². The Kier molecular flexibility index (Phi) is 4.71. The number of anilines is 1. The standard InChI is InChI=1S/C16H18N2O2/c1-2-3-10-17-15(19)16(20)18-14-9-8-12-6-4-5-7-13(12)11-14/h4-9,11H,2-3,10H2,1H3,(H,17,19)(H,18,20). The lowest BCUT2D eigenvalue weighted by Gasteiger charge is -2.07. The molecule has 0 aromatic heterocycles. The van der Waals surface area contributed by atoms with E-state index in [0.29, 0.717) is 12.2 Å². The number of hydrogen-bond acceptors (Lipinski definition) is 2. The molecule has 0 heterocycles. The zero-order chi connectivity index (χ0) is 14.4. The van der Waals surface area contributed by atoms with Gasteiger partial charge in [0.15, 0.2) is 0 Å². The van der Waals surface area contributed by atoms with Crippen molar-refractivity contribution in [1.82, 2.24) is 5.32 Å². The first-order chi connectivity index (χ1) is 9.70. The molecule has 0 unspecified atom stereocenters. The third-order valence-electron chi connectivity index (χ3n) is 3.03. The van der Waals surface area contributed by atoms with Gasteiger partial charge in [-0.05, 0) is 29.3 Å². The van der Waals surface area contributed by atoms with Crippen LogP contribution in [0, 0.1) is 0 Å². The van der Waals surface area contributed by atoms with Crippen LogP contribution in [0.4, 0.5) is 5.69 Å². The van der Waals surface area contributed by atoms with Gasteiger partial charge in [-0.2, -0.15) is 0 Å². The Morgan fingerprint density at radius 1 is 1.00 bits per heavy atom. The van der Waals surface area contributed by atoms with Crippen molar-refractivity contribution in [3.63, 3.8) is 0 Å². The second kappa shape index (κ2) is 6.70. The molecule has 2 aromatic carbocycles. The maximum atomic E-state index is 11.7. The average molecular weight is 270 g/mol.